The van der Waals surface area contributed by atoms with Gasteiger partial charge < -0.3 is 0 Å². The first-order chi connectivity index (χ1) is 11.8. The maximum absolute atomic E-state index is 5.04. The van der Waals surface area contributed by atoms with Crippen molar-refractivity contribution >= 4 is 10.9 Å². The molecule has 0 saturated carbocycles. The molecule has 0 unspecified atom stereocenters. The van der Waals surface area contributed by atoms with Gasteiger partial charge in [-0.05, 0) is 41.3 Å². The topological polar surface area (TPSA) is 12.9 Å². The highest BCUT2D eigenvalue weighted by atomic mass is 14.7. The Hall–Kier alpha value is -2.93. The van der Waals surface area contributed by atoms with Gasteiger partial charge in [0.15, 0.2) is 0 Å². The maximum Gasteiger partial charge on any atom is 0.0751 e. The van der Waals surface area contributed by atoms with Crippen molar-refractivity contribution in [1.29, 1.82) is 0 Å². The molecule has 24 heavy (non-hydrogen) atoms. The molecular formula is C23H17N. The zero-order valence-electron chi connectivity index (χ0n) is 13.6. The molecule has 0 spiro atoms. The van der Waals surface area contributed by atoms with Crippen LogP contribution in [-0.4, -0.2) is 4.98 Å². The molecule has 0 bridgehead atoms. The highest BCUT2D eigenvalue weighted by molar-refractivity contribution is 6.02. The van der Waals surface area contributed by atoms with Gasteiger partial charge in [0.1, 0.15) is 0 Å². The number of aryl methyl sites for hydroxylation is 1. The molecule has 1 aliphatic carbocycles. The third kappa shape index (κ3) is 1.91. The van der Waals surface area contributed by atoms with Gasteiger partial charge in [0.25, 0.3) is 0 Å². The van der Waals surface area contributed by atoms with Crippen molar-refractivity contribution in [2.75, 3.05) is 0 Å². The number of pyridine rings is 1. The quantitative estimate of drug-likeness (QED) is 0.382. The van der Waals surface area contributed by atoms with Crippen LogP contribution in [0, 0.1) is 6.92 Å². The molecule has 1 aromatic heterocycles. The summed E-state index contributed by atoms with van der Waals surface area (Å²) in [7, 11) is 0. The van der Waals surface area contributed by atoms with Crippen LogP contribution in [0.3, 0.4) is 0 Å². The molecule has 4 aromatic rings. The van der Waals surface area contributed by atoms with Crippen LogP contribution in [0.2, 0.25) is 0 Å². The fraction of sp³-hybridized carbons (Fsp3) is 0.0870. The lowest BCUT2D eigenvalue weighted by atomic mass is 9.96. The molecule has 1 heterocycles. The summed E-state index contributed by atoms with van der Waals surface area (Å²) in [6, 6.07) is 25.9. The Balaban J connectivity index is 1.92. The summed E-state index contributed by atoms with van der Waals surface area (Å²) in [6.45, 7) is 2.15. The van der Waals surface area contributed by atoms with E-state index in [4.69, 9.17) is 4.98 Å². The lowest BCUT2D eigenvalue weighted by Gasteiger charge is -2.12. The summed E-state index contributed by atoms with van der Waals surface area (Å²) >= 11 is 0. The summed E-state index contributed by atoms with van der Waals surface area (Å²) in [4.78, 5) is 5.04. The number of hydrogen-bond acceptors (Lipinski definition) is 1. The minimum Gasteiger partial charge on any atom is -0.247 e. The van der Waals surface area contributed by atoms with Crippen molar-refractivity contribution < 1.29 is 0 Å². The molecule has 0 amide bonds. The first-order valence-corrected chi connectivity index (χ1v) is 8.38. The highest BCUT2D eigenvalue weighted by Crippen LogP contribution is 2.44. The van der Waals surface area contributed by atoms with E-state index in [9.17, 15) is 0 Å². The Labute approximate surface area is 141 Å². The number of aromatic nitrogens is 1. The molecular weight excluding hydrogens is 290 g/mol. The monoisotopic (exact) mass is 307 g/mol. The lowest BCUT2D eigenvalue weighted by molar-refractivity contribution is 1.23. The molecule has 0 aliphatic heterocycles. The second-order valence-electron chi connectivity index (χ2n) is 6.53. The first kappa shape index (κ1) is 13.5. The number of nitrogens with zero attached hydrogens (tertiary/aromatic N) is 1. The standard InChI is InChI=1S/C23H17N/c1-15-11-12-21-19(13-15)22-18-10-6-5-9-17(18)14-20(22)23(24-21)16-7-3-2-4-8-16/h2-13H,14H2,1H3. The molecule has 5 rings (SSSR count). The highest BCUT2D eigenvalue weighted by Gasteiger charge is 2.25. The van der Waals surface area contributed by atoms with E-state index >= 15 is 0 Å². The van der Waals surface area contributed by atoms with Gasteiger partial charge in [-0.3, -0.25) is 0 Å². The van der Waals surface area contributed by atoms with E-state index in [1.165, 1.54) is 38.8 Å². The van der Waals surface area contributed by atoms with Gasteiger partial charge in [0, 0.05) is 17.4 Å². The van der Waals surface area contributed by atoms with Gasteiger partial charge in [0.2, 0.25) is 0 Å². The molecule has 0 fully saturated rings. The molecule has 3 aromatic carbocycles. The average Bonchev–Trinajstić information content (AvgIpc) is 3.02. The number of fused-ring (bicyclic) bond motifs is 5. The van der Waals surface area contributed by atoms with Crippen molar-refractivity contribution in [1.82, 2.24) is 4.98 Å². The largest absolute Gasteiger partial charge is 0.247 e. The molecule has 0 atom stereocenters. The smallest absolute Gasteiger partial charge is 0.0751 e. The van der Waals surface area contributed by atoms with Gasteiger partial charge in [-0.15, -0.1) is 0 Å². The molecule has 1 heteroatoms. The van der Waals surface area contributed by atoms with Gasteiger partial charge in [0.05, 0.1) is 11.2 Å². The third-order valence-electron chi connectivity index (χ3n) is 4.94. The third-order valence-corrected chi connectivity index (χ3v) is 4.94. The fourth-order valence-corrected chi connectivity index (χ4v) is 3.84. The van der Waals surface area contributed by atoms with Gasteiger partial charge in [-0.25, -0.2) is 4.98 Å². The van der Waals surface area contributed by atoms with E-state index in [1.54, 1.807) is 0 Å². The van der Waals surface area contributed by atoms with Crippen LogP contribution < -0.4 is 0 Å². The molecule has 1 nitrogen and oxygen atoms in total. The Morgan fingerprint density at radius 1 is 0.833 bits per heavy atom. The molecule has 0 N–H and O–H groups in total. The average molecular weight is 307 g/mol. The van der Waals surface area contributed by atoms with E-state index in [1.807, 2.05) is 0 Å². The van der Waals surface area contributed by atoms with Crippen LogP contribution >= 0.6 is 0 Å². The molecule has 0 saturated heterocycles. The summed E-state index contributed by atoms with van der Waals surface area (Å²) in [5, 5.41) is 1.27. The Kier molecular flexibility index (Phi) is 2.83. The van der Waals surface area contributed by atoms with E-state index in [0.29, 0.717) is 0 Å². The summed E-state index contributed by atoms with van der Waals surface area (Å²) < 4.78 is 0. The SMILES string of the molecule is Cc1ccc2nc(-c3ccccc3)c3c(c2c1)-c1ccccc1C3. The van der Waals surface area contributed by atoms with Crippen molar-refractivity contribution in [2.24, 2.45) is 0 Å². The zero-order chi connectivity index (χ0) is 16.1. The zero-order valence-corrected chi connectivity index (χ0v) is 13.6. The van der Waals surface area contributed by atoms with Crippen LogP contribution in [0.4, 0.5) is 0 Å². The number of rotatable bonds is 1. The predicted molar refractivity (Wildman–Crippen MR) is 100 cm³/mol. The molecule has 114 valence electrons. The second-order valence-corrected chi connectivity index (χ2v) is 6.53. The summed E-state index contributed by atoms with van der Waals surface area (Å²) in [6.07, 6.45) is 0.965. The van der Waals surface area contributed by atoms with Crippen LogP contribution in [-0.2, 0) is 6.42 Å². The first-order valence-electron chi connectivity index (χ1n) is 8.38. The van der Waals surface area contributed by atoms with Crippen LogP contribution in [0.15, 0.2) is 72.8 Å². The van der Waals surface area contributed by atoms with E-state index in [-0.39, 0.29) is 0 Å². The Morgan fingerprint density at radius 2 is 1.62 bits per heavy atom. The minimum absolute atomic E-state index is 0.965. The Morgan fingerprint density at radius 3 is 2.50 bits per heavy atom. The molecule has 0 radical (unpaired) electrons. The van der Waals surface area contributed by atoms with Gasteiger partial charge in [-0.1, -0.05) is 66.2 Å². The van der Waals surface area contributed by atoms with Gasteiger partial charge in [-0.2, -0.15) is 0 Å². The van der Waals surface area contributed by atoms with Crippen LogP contribution in [0.5, 0.6) is 0 Å². The number of benzene rings is 3. The minimum atomic E-state index is 0.965. The van der Waals surface area contributed by atoms with Crippen LogP contribution in [0.25, 0.3) is 33.3 Å². The maximum atomic E-state index is 5.04. The van der Waals surface area contributed by atoms with Crippen LogP contribution in [0.1, 0.15) is 16.7 Å². The van der Waals surface area contributed by atoms with E-state index in [0.717, 1.165) is 17.6 Å². The van der Waals surface area contributed by atoms with E-state index < -0.39 is 0 Å². The van der Waals surface area contributed by atoms with Gasteiger partial charge >= 0.3 is 0 Å². The Bertz CT molecular complexity index is 1080. The normalized spacial score (nSPS) is 12.2. The van der Waals surface area contributed by atoms with Crippen molar-refractivity contribution in [2.45, 2.75) is 13.3 Å². The second kappa shape index (κ2) is 5.04. The van der Waals surface area contributed by atoms with Crippen molar-refractivity contribution in [3.8, 4) is 22.4 Å². The number of hydrogen-bond donors (Lipinski definition) is 0. The molecule has 1 aliphatic rings. The fourth-order valence-electron chi connectivity index (χ4n) is 3.84. The summed E-state index contributed by atoms with van der Waals surface area (Å²) in [5.74, 6) is 0. The van der Waals surface area contributed by atoms with Crippen molar-refractivity contribution in [3.63, 3.8) is 0 Å². The van der Waals surface area contributed by atoms with E-state index in [2.05, 4.69) is 79.7 Å². The summed E-state index contributed by atoms with van der Waals surface area (Å²) in [5.41, 5.74) is 10.2. The predicted octanol–water partition coefficient (Wildman–Crippen LogP) is 5.78. The van der Waals surface area contributed by atoms with Crippen molar-refractivity contribution in [3.05, 3.63) is 89.5 Å². The lowest BCUT2D eigenvalue weighted by Crippen LogP contribution is -1.94.